The Morgan fingerprint density at radius 1 is 1.18 bits per heavy atom. The van der Waals surface area contributed by atoms with Gasteiger partial charge in [-0.2, -0.15) is 5.26 Å². The summed E-state index contributed by atoms with van der Waals surface area (Å²) >= 11 is 0. The van der Waals surface area contributed by atoms with Crippen LogP contribution in [0.4, 0.5) is 13.2 Å². The molecule has 0 spiro atoms. The molecular weight excluding hydrogens is 317 g/mol. The topological polar surface area (TPSA) is 70.8 Å². The lowest BCUT2D eigenvalue weighted by molar-refractivity contribution is 0.547. The first-order valence-corrected chi connectivity index (χ1v) is 7.73. The van der Waals surface area contributed by atoms with Gasteiger partial charge in [0.1, 0.15) is 28.4 Å². The molecule has 0 aliphatic rings. The fourth-order valence-electron chi connectivity index (χ4n) is 1.88. The summed E-state index contributed by atoms with van der Waals surface area (Å²) in [6, 6.07) is 3.53. The predicted octanol–water partition coefficient (Wildman–Crippen LogP) is 2.83. The van der Waals surface area contributed by atoms with Gasteiger partial charge in [-0.1, -0.05) is 6.92 Å². The molecule has 4 nitrogen and oxygen atoms in total. The minimum Gasteiger partial charge on any atom is -0.244 e. The van der Waals surface area contributed by atoms with E-state index < -0.39 is 37.7 Å². The van der Waals surface area contributed by atoms with Gasteiger partial charge in [0.05, 0.1) is 11.3 Å². The Balaban J connectivity index is 2.76. The molecule has 1 aromatic heterocycles. The van der Waals surface area contributed by atoms with Crippen LogP contribution in [0, 0.1) is 28.8 Å². The van der Waals surface area contributed by atoms with Crippen molar-refractivity contribution in [2.45, 2.75) is 11.8 Å². The molecule has 0 aliphatic carbocycles. The van der Waals surface area contributed by atoms with Gasteiger partial charge in [0.25, 0.3) is 0 Å². The molecule has 22 heavy (non-hydrogen) atoms. The number of benzene rings is 1. The lowest BCUT2D eigenvalue weighted by atomic mass is 10.1. The highest BCUT2D eigenvalue weighted by Gasteiger charge is 2.21. The number of rotatable bonds is 3. The number of aromatic nitrogens is 1. The van der Waals surface area contributed by atoms with Crippen molar-refractivity contribution in [2.24, 2.45) is 0 Å². The van der Waals surface area contributed by atoms with Crippen molar-refractivity contribution in [1.82, 2.24) is 4.98 Å². The Kier molecular flexibility index (Phi) is 4.19. The van der Waals surface area contributed by atoms with Crippen molar-refractivity contribution in [2.75, 3.05) is 5.75 Å². The Labute approximate surface area is 124 Å². The fraction of sp³-hybridized carbons (Fsp3) is 0.143. The first kappa shape index (κ1) is 16.0. The van der Waals surface area contributed by atoms with Gasteiger partial charge in [-0.25, -0.2) is 26.6 Å². The molecule has 8 heteroatoms. The zero-order valence-electron chi connectivity index (χ0n) is 11.3. The summed E-state index contributed by atoms with van der Waals surface area (Å²) in [5.41, 5.74) is -1.17. The first-order chi connectivity index (χ1) is 10.3. The predicted molar refractivity (Wildman–Crippen MR) is 72.0 cm³/mol. The molecule has 1 aromatic carbocycles. The second-order valence-corrected chi connectivity index (χ2v) is 6.58. The van der Waals surface area contributed by atoms with E-state index in [0.29, 0.717) is 12.1 Å². The van der Waals surface area contributed by atoms with Crippen molar-refractivity contribution in [3.8, 4) is 17.2 Å². The number of hydrogen-bond acceptors (Lipinski definition) is 4. The number of nitriles is 1. The van der Waals surface area contributed by atoms with Gasteiger partial charge in [-0.3, -0.25) is 0 Å². The molecule has 0 saturated carbocycles. The molecule has 2 aromatic rings. The molecular formula is C14H9F3N2O2S. The molecule has 0 fully saturated rings. The van der Waals surface area contributed by atoms with Crippen molar-refractivity contribution in [3.05, 3.63) is 47.5 Å². The van der Waals surface area contributed by atoms with Gasteiger partial charge < -0.3 is 0 Å². The van der Waals surface area contributed by atoms with Gasteiger partial charge in [-0.05, 0) is 6.07 Å². The third-order valence-corrected chi connectivity index (χ3v) is 4.71. The van der Waals surface area contributed by atoms with E-state index in [1.807, 2.05) is 0 Å². The van der Waals surface area contributed by atoms with Crippen LogP contribution < -0.4 is 0 Å². The van der Waals surface area contributed by atoms with E-state index in [9.17, 15) is 21.6 Å². The summed E-state index contributed by atoms with van der Waals surface area (Å²) in [5, 5.41) is 8.91. The Bertz CT molecular complexity index is 866. The third-order valence-electron chi connectivity index (χ3n) is 2.97. The lowest BCUT2D eigenvalue weighted by Crippen LogP contribution is -2.08. The first-order valence-electron chi connectivity index (χ1n) is 6.08. The van der Waals surface area contributed by atoms with Gasteiger partial charge in [0.2, 0.25) is 0 Å². The minimum atomic E-state index is -3.81. The van der Waals surface area contributed by atoms with Crippen LogP contribution in [-0.2, 0) is 9.84 Å². The van der Waals surface area contributed by atoms with E-state index >= 15 is 0 Å². The number of nitrogens with zero attached hydrogens (tertiary/aromatic N) is 2. The Morgan fingerprint density at radius 3 is 2.27 bits per heavy atom. The van der Waals surface area contributed by atoms with Crippen molar-refractivity contribution in [1.29, 1.82) is 5.26 Å². The van der Waals surface area contributed by atoms with E-state index in [4.69, 9.17) is 5.26 Å². The molecule has 0 bridgehead atoms. The zero-order valence-corrected chi connectivity index (χ0v) is 12.1. The van der Waals surface area contributed by atoms with Crippen LogP contribution in [0.15, 0.2) is 29.3 Å². The molecule has 0 amide bonds. The summed E-state index contributed by atoms with van der Waals surface area (Å²) in [4.78, 5) is 3.21. The molecule has 0 N–H and O–H groups in total. The number of halogens is 3. The summed E-state index contributed by atoms with van der Waals surface area (Å²) < 4.78 is 64.4. The molecule has 0 saturated heterocycles. The average molecular weight is 326 g/mol. The summed E-state index contributed by atoms with van der Waals surface area (Å²) in [6.07, 6.45) is 0.965. The molecule has 0 unspecified atom stereocenters. The maximum absolute atomic E-state index is 13.8. The van der Waals surface area contributed by atoms with Gasteiger partial charge in [-0.15, -0.1) is 0 Å². The maximum atomic E-state index is 13.8. The normalized spacial score (nSPS) is 11.2. The summed E-state index contributed by atoms with van der Waals surface area (Å²) in [6.45, 7) is 1.36. The quantitative estimate of drug-likeness (QED) is 0.869. The maximum Gasteiger partial charge on any atom is 0.181 e. The largest absolute Gasteiger partial charge is 0.244 e. The third kappa shape index (κ3) is 2.80. The fourth-order valence-corrected chi connectivity index (χ4v) is 2.89. The standard InChI is InChI=1S/C14H9F3N2O2S/c1-2-22(20,21)13-3-8(7-19-12(13)6-18)14-10(16)4-9(15)5-11(14)17/h3-5,7H,2H2,1H3. The van der Waals surface area contributed by atoms with Crippen molar-refractivity contribution >= 4 is 9.84 Å². The zero-order chi connectivity index (χ0) is 16.5. The van der Waals surface area contributed by atoms with Gasteiger partial charge in [0.15, 0.2) is 15.5 Å². The van der Waals surface area contributed by atoms with Gasteiger partial charge >= 0.3 is 0 Å². The molecule has 1 heterocycles. The summed E-state index contributed by atoms with van der Waals surface area (Å²) in [5.74, 6) is -3.78. The smallest absolute Gasteiger partial charge is 0.181 e. The van der Waals surface area contributed by atoms with Crippen molar-refractivity contribution in [3.63, 3.8) is 0 Å². The second kappa shape index (κ2) is 5.77. The second-order valence-electron chi connectivity index (χ2n) is 4.33. The van der Waals surface area contributed by atoms with Gasteiger partial charge in [0, 0.05) is 23.9 Å². The van der Waals surface area contributed by atoms with E-state index in [1.165, 1.54) is 6.92 Å². The minimum absolute atomic E-state index is 0.193. The van der Waals surface area contributed by atoms with E-state index in [-0.39, 0.29) is 17.0 Å². The van der Waals surface area contributed by atoms with Crippen LogP contribution in [0.25, 0.3) is 11.1 Å². The van der Waals surface area contributed by atoms with Crippen LogP contribution in [0.3, 0.4) is 0 Å². The lowest BCUT2D eigenvalue weighted by Gasteiger charge is -2.09. The molecule has 114 valence electrons. The van der Waals surface area contributed by atoms with Crippen LogP contribution in [0.2, 0.25) is 0 Å². The van der Waals surface area contributed by atoms with E-state index in [1.54, 1.807) is 6.07 Å². The molecule has 0 atom stereocenters. The highest BCUT2D eigenvalue weighted by molar-refractivity contribution is 7.91. The average Bonchev–Trinajstić information content (AvgIpc) is 2.46. The Morgan fingerprint density at radius 2 is 1.77 bits per heavy atom. The van der Waals surface area contributed by atoms with Crippen LogP contribution in [0.5, 0.6) is 0 Å². The van der Waals surface area contributed by atoms with Crippen LogP contribution in [-0.4, -0.2) is 19.2 Å². The monoisotopic (exact) mass is 326 g/mol. The Hall–Kier alpha value is -2.40. The highest BCUT2D eigenvalue weighted by atomic mass is 32.2. The van der Waals surface area contributed by atoms with E-state index in [0.717, 1.165) is 12.3 Å². The molecule has 0 aliphatic heterocycles. The summed E-state index contributed by atoms with van der Waals surface area (Å²) in [7, 11) is -3.81. The van der Waals surface area contributed by atoms with E-state index in [2.05, 4.69) is 4.98 Å². The van der Waals surface area contributed by atoms with Crippen molar-refractivity contribution < 1.29 is 21.6 Å². The highest BCUT2D eigenvalue weighted by Crippen LogP contribution is 2.29. The number of hydrogen-bond donors (Lipinski definition) is 0. The van der Waals surface area contributed by atoms with Crippen LogP contribution >= 0.6 is 0 Å². The molecule has 0 radical (unpaired) electrons. The number of sulfone groups is 1. The number of pyridine rings is 1. The van der Waals surface area contributed by atoms with Crippen LogP contribution in [0.1, 0.15) is 12.6 Å². The molecule has 2 rings (SSSR count). The SMILES string of the molecule is CCS(=O)(=O)c1cc(-c2c(F)cc(F)cc2F)cnc1C#N.